The Bertz CT molecular complexity index is 612. The molecule has 1 atom stereocenters. The first-order valence-electron chi connectivity index (χ1n) is 8.87. The first-order valence-corrected chi connectivity index (χ1v) is 8.87. The van der Waals surface area contributed by atoms with Gasteiger partial charge in [0.15, 0.2) is 0 Å². The molecule has 3 nitrogen and oxygen atoms in total. The minimum Gasteiger partial charge on any atom is -0.496 e. The number of aryl methyl sites for hydroxylation is 1. The zero-order valence-electron chi connectivity index (χ0n) is 16.1. The van der Waals surface area contributed by atoms with Gasteiger partial charge in [-0.25, -0.2) is 9.38 Å². The van der Waals surface area contributed by atoms with Crippen molar-refractivity contribution in [3.05, 3.63) is 23.3 Å². The molecule has 0 saturated heterocycles. The van der Waals surface area contributed by atoms with Gasteiger partial charge in [0.1, 0.15) is 5.75 Å². The van der Waals surface area contributed by atoms with Gasteiger partial charge in [-0.3, -0.25) is 0 Å². The smallest absolute Gasteiger partial charge is 0.426 e. The monoisotopic (exact) mass is 376 g/mol. The third-order valence-corrected chi connectivity index (χ3v) is 4.44. The molecule has 0 heterocycles. The van der Waals surface area contributed by atoms with Crippen LogP contribution in [0.3, 0.4) is 0 Å². The molecule has 1 unspecified atom stereocenters. The molecule has 0 amide bonds. The number of benzene rings is 1. The molecule has 26 heavy (non-hydrogen) atoms. The van der Waals surface area contributed by atoms with Crippen LogP contribution in [0.1, 0.15) is 51.2 Å². The molecule has 0 aliphatic heterocycles. The van der Waals surface area contributed by atoms with E-state index in [-0.39, 0.29) is 12.2 Å². The minimum absolute atomic E-state index is 0.125. The second-order valence-corrected chi connectivity index (χ2v) is 6.21. The molecule has 0 fully saturated rings. The number of unbranched alkanes of at least 4 members (excludes halogenated alkanes) is 1. The van der Waals surface area contributed by atoms with E-state index in [2.05, 4.69) is 4.99 Å². The van der Waals surface area contributed by atoms with Crippen molar-refractivity contribution in [1.29, 1.82) is 0 Å². The highest BCUT2D eigenvalue weighted by molar-refractivity contribution is 5.65. The number of halogens is 4. The SMILES string of the molecule is CCCCC(F)(c1cc(C)c(/N=C/N(CC)CC)cc1OC)C(F)(F)F. The number of alkyl halides is 4. The fourth-order valence-corrected chi connectivity index (χ4v) is 2.68. The van der Waals surface area contributed by atoms with Crippen LogP contribution < -0.4 is 4.74 Å². The van der Waals surface area contributed by atoms with Gasteiger partial charge in [-0.1, -0.05) is 13.3 Å². The minimum atomic E-state index is -5.02. The van der Waals surface area contributed by atoms with Crippen LogP contribution >= 0.6 is 0 Å². The van der Waals surface area contributed by atoms with E-state index in [4.69, 9.17) is 4.74 Å². The highest BCUT2D eigenvalue weighted by Crippen LogP contribution is 2.50. The fraction of sp³-hybridized carbons (Fsp3) is 0.632. The van der Waals surface area contributed by atoms with E-state index < -0.39 is 23.8 Å². The fourth-order valence-electron chi connectivity index (χ4n) is 2.68. The molecule has 0 saturated carbocycles. The van der Waals surface area contributed by atoms with Crippen molar-refractivity contribution in [3.8, 4) is 5.75 Å². The van der Waals surface area contributed by atoms with Crippen molar-refractivity contribution in [2.75, 3.05) is 20.2 Å². The molecule has 1 aromatic carbocycles. The Hall–Kier alpha value is -1.79. The molecule has 0 radical (unpaired) electrons. The van der Waals surface area contributed by atoms with Crippen LogP contribution in [0.15, 0.2) is 17.1 Å². The molecule has 0 aromatic heterocycles. The normalized spacial score (nSPS) is 14.5. The summed E-state index contributed by atoms with van der Waals surface area (Å²) in [7, 11) is 1.24. The van der Waals surface area contributed by atoms with E-state index in [0.29, 0.717) is 17.7 Å². The summed E-state index contributed by atoms with van der Waals surface area (Å²) in [5.41, 5.74) is -3.01. The average molecular weight is 376 g/mol. The summed E-state index contributed by atoms with van der Waals surface area (Å²) in [6.07, 6.45) is -3.43. The van der Waals surface area contributed by atoms with Crippen LogP contribution in [0.25, 0.3) is 0 Å². The lowest BCUT2D eigenvalue weighted by atomic mass is 9.87. The quantitative estimate of drug-likeness (QED) is 0.303. The van der Waals surface area contributed by atoms with Gasteiger partial charge in [0.05, 0.1) is 19.1 Å². The van der Waals surface area contributed by atoms with Crippen LogP contribution in [0.4, 0.5) is 23.2 Å². The van der Waals surface area contributed by atoms with E-state index >= 15 is 4.39 Å². The largest absolute Gasteiger partial charge is 0.496 e. The summed E-state index contributed by atoms with van der Waals surface area (Å²) in [5, 5.41) is 0. The van der Waals surface area contributed by atoms with Crippen LogP contribution in [0.2, 0.25) is 0 Å². The molecule has 0 aliphatic rings. The van der Waals surface area contributed by atoms with Crippen molar-refractivity contribution in [2.24, 2.45) is 4.99 Å². The highest BCUT2D eigenvalue weighted by atomic mass is 19.4. The molecule has 7 heteroatoms. The van der Waals surface area contributed by atoms with E-state index in [1.807, 2.05) is 18.7 Å². The van der Waals surface area contributed by atoms with E-state index in [1.54, 1.807) is 20.2 Å². The highest BCUT2D eigenvalue weighted by Gasteiger charge is 2.57. The van der Waals surface area contributed by atoms with Crippen LogP contribution in [0, 0.1) is 6.92 Å². The zero-order valence-corrected chi connectivity index (χ0v) is 16.1. The summed E-state index contributed by atoms with van der Waals surface area (Å²) >= 11 is 0. The Morgan fingerprint density at radius 3 is 2.19 bits per heavy atom. The average Bonchev–Trinajstić information content (AvgIpc) is 2.60. The number of aliphatic imine (C=N–C) groups is 1. The third-order valence-electron chi connectivity index (χ3n) is 4.44. The maximum atomic E-state index is 15.1. The maximum Gasteiger partial charge on any atom is 0.426 e. The van der Waals surface area contributed by atoms with Crippen molar-refractivity contribution in [1.82, 2.24) is 4.90 Å². The first kappa shape index (κ1) is 22.3. The first-order chi connectivity index (χ1) is 12.1. The van der Waals surface area contributed by atoms with Crippen LogP contribution in [0.5, 0.6) is 5.75 Å². The number of methoxy groups -OCH3 is 1. The number of nitrogens with zero attached hydrogens (tertiary/aromatic N) is 2. The summed E-state index contributed by atoms with van der Waals surface area (Å²) in [6.45, 7) is 8.81. The summed E-state index contributed by atoms with van der Waals surface area (Å²) in [5.74, 6) is -0.141. The van der Waals surface area contributed by atoms with Crippen molar-refractivity contribution in [2.45, 2.75) is 58.8 Å². The van der Waals surface area contributed by atoms with Crippen molar-refractivity contribution < 1.29 is 22.3 Å². The lowest BCUT2D eigenvalue weighted by Gasteiger charge is -2.30. The van der Waals surface area contributed by atoms with Gasteiger partial charge in [0, 0.05) is 24.7 Å². The molecule has 1 rings (SSSR count). The van der Waals surface area contributed by atoms with E-state index in [1.165, 1.54) is 19.2 Å². The van der Waals surface area contributed by atoms with Gasteiger partial charge >= 0.3 is 6.18 Å². The lowest BCUT2D eigenvalue weighted by molar-refractivity contribution is -0.239. The Morgan fingerprint density at radius 2 is 1.73 bits per heavy atom. The molecule has 0 bridgehead atoms. The van der Waals surface area contributed by atoms with Gasteiger partial charge in [0.25, 0.3) is 0 Å². The Balaban J connectivity index is 3.42. The molecule has 148 valence electrons. The van der Waals surface area contributed by atoms with Gasteiger partial charge in [-0.2, -0.15) is 13.2 Å². The maximum absolute atomic E-state index is 15.1. The number of hydrogen-bond donors (Lipinski definition) is 0. The number of ether oxygens (including phenoxy) is 1. The Labute approximate surface area is 153 Å². The molecular formula is C19H28F4N2O. The van der Waals surface area contributed by atoms with Gasteiger partial charge < -0.3 is 9.64 Å². The van der Waals surface area contributed by atoms with E-state index in [9.17, 15) is 13.2 Å². The number of rotatable bonds is 9. The molecule has 0 N–H and O–H groups in total. The predicted molar refractivity (Wildman–Crippen MR) is 97.2 cm³/mol. The van der Waals surface area contributed by atoms with E-state index in [0.717, 1.165) is 13.1 Å². The molecule has 1 aromatic rings. The van der Waals surface area contributed by atoms with Crippen molar-refractivity contribution in [3.63, 3.8) is 0 Å². The zero-order chi connectivity index (χ0) is 20.0. The lowest BCUT2D eigenvalue weighted by Crippen LogP contribution is -2.38. The van der Waals surface area contributed by atoms with Crippen LogP contribution in [-0.4, -0.2) is 37.6 Å². The molecular weight excluding hydrogens is 348 g/mol. The predicted octanol–water partition coefficient (Wildman–Crippen LogP) is 5.92. The standard InChI is InChI=1S/C19H28F4N2O/c1-6-9-10-18(20,19(21,22)23)15-11-14(4)16(12-17(15)26-5)24-13-25(7-2)8-3/h11-13H,6-10H2,1-5H3/b24-13+. The van der Waals surface area contributed by atoms with Gasteiger partial charge in [-0.15, -0.1) is 0 Å². The topological polar surface area (TPSA) is 24.8 Å². The summed E-state index contributed by atoms with van der Waals surface area (Å²) < 4.78 is 60.9. The number of hydrogen-bond acceptors (Lipinski definition) is 2. The molecule has 0 spiro atoms. The summed E-state index contributed by atoms with van der Waals surface area (Å²) in [6, 6.07) is 2.58. The Morgan fingerprint density at radius 1 is 1.12 bits per heavy atom. The summed E-state index contributed by atoms with van der Waals surface area (Å²) in [4.78, 5) is 6.26. The Kier molecular flexibility index (Phi) is 7.90. The van der Waals surface area contributed by atoms with Crippen LogP contribution in [-0.2, 0) is 5.67 Å². The van der Waals surface area contributed by atoms with Gasteiger partial charge in [0.2, 0.25) is 5.67 Å². The van der Waals surface area contributed by atoms with Crippen molar-refractivity contribution >= 4 is 12.0 Å². The third kappa shape index (κ3) is 4.89. The second kappa shape index (κ2) is 9.24. The van der Waals surface area contributed by atoms with Gasteiger partial charge in [-0.05, 0) is 45.2 Å². The second-order valence-electron chi connectivity index (χ2n) is 6.21. The molecule has 0 aliphatic carbocycles.